The highest BCUT2D eigenvalue weighted by Gasteiger charge is 2.13. The molecule has 1 heterocycles. The van der Waals surface area contributed by atoms with Gasteiger partial charge < -0.3 is 10.1 Å². The molecule has 168 valence electrons. The van der Waals surface area contributed by atoms with Crippen LogP contribution in [0.5, 0.6) is 5.75 Å². The fraction of sp³-hybridized carbons (Fsp3) is 0.0769. The molecule has 34 heavy (non-hydrogen) atoms. The first-order valence-corrected chi connectivity index (χ1v) is 11.0. The largest absolute Gasteiger partial charge is 0.497 e. The van der Waals surface area contributed by atoms with Crippen LogP contribution in [0.4, 0.5) is 5.69 Å². The first kappa shape index (κ1) is 21.5. The number of thiocarbonyl (C=S) groups is 1. The molecular weight excluding hydrogens is 446 g/mol. The van der Waals surface area contributed by atoms with E-state index in [0.29, 0.717) is 16.8 Å². The Kier molecular flexibility index (Phi) is 5.65. The van der Waals surface area contributed by atoms with Crippen molar-refractivity contribution in [1.82, 2.24) is 20.3 Å². The fourth-order valence-corrected chi connectivity index (χ4v) is 3.99. The molecule has 5 rings (SSSR count). The van der Waals surface area contributed by atoms with Crippen molar-refractivity contribution in [3.05, 3.63) is 90.0 Å². The molecule has 0 radical (unpaired) electrons. The molecule has 2 N–H and O–H groups in total. The summed E-state index contributed by atoms with van der Waals surface area (Å²) in [5, 5.41) is 17.6. The van der Waals surface area contributed by atoms with E-state index in [-0.39, 0.29) is 11.0 Å². The van der Waals surface area contributed by atoms with Gasteiger partial charge in [0.25, 0.3) is 5.91 Å². The first-order chi connectivity index (χ1) is 16.5. The summed E-state index contributed by atoms with van der Waals surface area (Å²) in [6.45, 7) is 1.95. The van der Waals surface area contributed by atoms with E-state index in [9.17, 15) is 4.79 Å². The maximum absolute atomic E-state index is 12.6. The van der Waals surface area contributed by atoms with E-state index in [1.54, 1.807) is 36.2 Å². The molecule has 7 nitrogen and oxygen atoms in total. The molecule has 0 unspecified atom stereocenters. The highest BCUT2D eigenvalue weighted by atomic mass is 32.1. The molecule has 0 bridgehead atoms. The van der Waals surface area contributed by atoms with E-state index in [4.69, 9.17) is 22.1 Å². The number of aromatic nitrogens is 3. The summed E-state index contributed by atoms with van der Waals surface area (Å²) in [5.74, 6) is 0.277. The number of anilines is 1. The number of benzene rings is 4. The van der Waals surface area contributed by atoms with Gasteiger partial charge in [0.1, 0.15) is 16.8 Å². The molecule has 0 saturated carbocycles. The smallest absolute Gasteiger partial charge is 0.257 e. The van der Waals surface area contributed by atoms with Gasteiger partial charge in [-0.2, -0.15) is 0 Å². The lowest BCUT2D eigenvalue weighted by Gasteiger charge is -2.12. The summed E-state index contributed by atoms with van der Waals surface area (Å²) >= 11 is 5.37. The summed E-state index contributed by atoms with van der Waals surface area (Å²) < 4.78 is 5.18. The van der Waals surface area contributed by atoms with Crippen molar-refractivity contribution in [2.75, 3.05) is 12.4 Å². The van der Waals surface area contributed by atoms with Crippen LogP contribution in [0.15, 0.2) is 78.9 Å². The number of carbonyl (C=O) groups excluding carboxylic acids is 1. The van der Waals surface area contributed by atoms with Crippen LogP contribution in [0.1, 0.15) is 15.9 Å². The van der Waals surface area contributed by atoms with Gasteiger partial charge in [0.2, 0.25) is 0 Å². The number of carbonyl (C=O) groups is 1. The van der Waals surface area contributed by atoms with Crippen LogP contribution in [-0.4, -0.2) is 33.1 Å². The van der Waals surface area contributed by atoms with E-state index in [1.807, 2.05) is 43.3 Å². The predicted molar refractivity (Wildman–Crippen MR) is 138 cm³/mol. The van der Waals surface area contributed by atoms with E-state index < -0.39 is 0 Å². The Labute approximate surface area is 201 Å². The summed E-state index contributed by atoms with van der Waals surface area (Å²) in [6, 6.07) is 24.9. The van der Waals surface area contributed by atoms with E-state index in [1.165, 1.54) is 0 Å². The van der Waals surface area contributed by atoms with Gasteiger partial charge in [-0.15, -0.1) is 15.0 Å². The lowest BCUT2D eigenvalue weighted by molar-refractivity contribution is 0.0977. The van der Waals surface area contributed by atoms with Gasteiger partial charge in [0.05, 0.1) is 12.8 Å². The third-order valence-corrected chi connectivity index (χ3v) is 5.72. The topological polar surface area (TPSA) is 81.1 Å². The van der Waals surface area contributed by atoms with E-state index in [2.05, 4.69) is 33.9 Å². The molecule has 0 saturated heterocycles. The predicted octanol–water partition coefficient (Wildman–Crippen LogP) is 5.02. The van der Waals surface area contributed by atoms with Crippen LogP contribution in [0.25, 0.3) is 27.5 Å². The van der Waals surface area contributed by atoms with Gasteiger partial charge in [-0.05, 0) is 66.5 Å². The minimum absolute atomic E-state index is 0.191. The van der Waals surface area contributed by atoms with Gasteiger partial charge in [-0.25, -0.2) is 0 Å². The maximum Gasteiger partial charge on any atom is 0.257 e. The monoisotopic (exact) mass is 467 g/mol. The molecule has 0 aliphatic rings. The minimum Gasteiger partial charge on any atom is -0.497 e. The summed E-state index contributed by atoms with van der Waals surface area (Å²) in [4.78, 5) is 14.2. The molecule has 0 spiro atoms. The standard InChI is InChI=1S/C26H21N5O2S/c1-16-13-22-23(30-31(29-22)24-12-6-8-17-7-3-4-11-20(17)24)15-21(16)27-26(34)28-25(32)18-9-5-10-19(14-18)33-2/h3-15H,1-2H3,(H2,27,28,32,34). The van der Waals surface area contributed by atoms with E-state index in [0.717, 1.165) is 33.2 Å². The van der Waals surface area contributed by atoms with Crippen LogP contribution in [0.3, 0.4) is 0 Å². The van der Waals surface area contributed by atoms with Crippen molar-refractivity contribution in [2.24, 2.45) is 0 Å². The van der Waals surface area contributed by atoms with Crippen LogP contribution >= 0.6 is 12.2 Å². The van der Waals surface area contributed by atoms with Gasteiger partial charge in [-0.3, -0.25) is 10.1 Å². The second-order valence-corrected chi connectivity index (χ2v) is 8.19. The average Bonchev–Trinajstić information content (AvgIpc) is 3.26. The second kappa shape index (κ2) is 8.92. The van der Waals surface area contributed by atoms with Crippen LogP contribution in [-0.2, 0) is 0 Å². The quantitative estimate of drug-likeness (QED) is 0.362. The number of rotatable bonds is 4. The van der Waals surface area contributed by atoms with Crippen LogP contribution in [0.2, 0.25) is 0 Å². The second-order valence-electron chi connectivity index (χ2n) is 7.78. The van der Waals surface area contributed by atoms with Crippen molar-refractivity contribution in [1.29, 1.82) is 0 Å². The van der Waals surface area contributed by atoms with Crippen molar-refractivity contribution in [3.63, 3.8) is 0 Å². The van der Waals surface area contributed by atoms with Crippen LogP contribution in [0, 0.1) is 6.92 Å². The highest BCUT2D eigenvalue weighted by Crippen LogP contribution is 2.25. The minimum atomic E-state index is -0.322. The Balaban J connectivity index is 1.39. The molecular formula is C26H21N5O2S. The number of nitrogens with zero attached hydrogens (tertiary/aromatic N) is 3. The summed E-state index contributed by atoms with van der Waals surface area (Å²) in [5.41, 5.74) is 4.50. The molecule has 0 fully saturated rings. The molecule has 8 heteroatoms. The van der Waals surface area contributed by atoms with Gasteiger partial charge >= 0.3 is 0 Å². The summed E-state index contributed by atoms with van der Waals surface area (Å²) in [7, 11) is 1.55. The Hall–Kier alpha value is -4.30. The number of ether oxygens (including phenoxy) is 1. The average molecular weight is 468 g/mol. The molecule has 4 aromatic carbocycles. The Morgan fingerprint density at radius 3 is 2.50 bits per heavy atom. The maximum atomic E-state index is 12.6. The number of nitrogens with one attached hydrogen (secondary N) is 2. The lowest BCUT2D eigenvalue weighted by Crippen LogP contribution is -2.34. The summed E-state index contributed by atoms with van der Waals surface area (Å²) in [6.07, 6.45) is 0. The SMILES string of the molecule is COc1cccc(C(=O)NC(=S)Nc2cc3nn(-c4cccc5ccccc45)nc3cc2C)c1. The van der Waals surface area contributed by atoms with Crippen molar-refractivity contribution in [3.8, 4) is 11.4 Å². The molecule has 0 aliphatic heterocycles. The van der Waals surface area contributed by atoms with E-state index >= 15 is 0 Å². The van der Waals surface area contributed by atoms with Crippen LogP contribution < -0.4 is 15.4 Å². The normalized spacial score (nSPS) is 10.9. The third-order valence-electron chi connectivity index (χ3n) is 5.52. The van der Waals surface area contributed by atoms with Crippen molar-refractivity contribution in [2.45, 2.75) is 6.92 Å². The van der Waals surface area contributed by atoms with Crippen molar-refractivity contribution < 1.29 is 9.53 Å². The number of fused-ring (bicyclic) bond motifs is 2. The Bertz CT molecular complexity index is 1550. The zero-order valence-corrected chi connectivity index (χ0v) is 19.4. The third kappa shape index (κ3) is 4.18. The number of hydrogen-bond acceptors (Lipinski definition) is 5. The molecule has 0 atom stereocenters. The zero-order chi connectivity index (χ0) is 23.7. The van der Waals surface area contributed by atoms with Gasteiger partial charge in [0.15, 0.2) is 5.11 Å². The number of amides is 1. The molecule has 5 aromatic rings. The fourth-order valence-electron chi connectivity index (χ4n) is 3.79. The number of aryl methyl sites for hydroxylation is 1. The zero-order valence-electron chi connectivity index (χ0n) is 18.6. The highest BCUT2D eigenvalue weighted by molar-refractivity contribution is 7.80. The lowest BCUT2D eigenvalue weighted by atomic mass is 10.1. The number of hydrogen-bond donors (Lipinski definition) is 2. The van der Waals surface area contributed by atoms with Crippen molar-refractivity contribution >= 4 is 50.7 Å². The Morgan fingerprint density at radius 1 is 0.941 bits per heavy atom. The Morgan fingerprint density at radius 2 is 1.68 bits per heavy atom. The van der Waals surface area contributed by atoms with Gasteiger partial charge in [-0.1, -0.05) is 42.5 Å². The van der Waals surface area contributed by atoms with Gasteiger partial charge in [0, 0.05) is 16.6 Å². The molecule has 1 aromatic heterocycles. The molecule has 1 amide bonds. The number of methoxy groups -OCH3 is 1. The first-order valence-electron chi connectivity index (χ1n) is 10.6. The molecule has 0 aliphatic carbocycles.